The highest BCUT2D eigenvalue weighted by molar-refractivity contribution is 4.84. The minimum Gasteiger partial charge on any atom is -0.352 e. The van der Waals surface area contributed by atoms with Gasteiger partial charge in [0.25, 0.3) is 0 Å². The van der Waals surface area contributed by atoms with Gasteiger partial charge < -0.3 is 15.2 Å². The summed E-state index contributed by atoms with van der Waals surface area (Å²) in [5, 5.41) is 0. The van der Waals surface area contributed by atoms with Crippen LogP contribution in [0.3, 0.4) is 0 Å². The van der Waals surface area contributed by atoms with E-state index < -0.39 is 0 Å². The van der Waals surface area contributed by atoms with Gasteiger partial charge in [-0.05, 0) is 45.7 Å². The summed E-state index contributed by atoms with van der Waals surface area (Å²) in [4.78, 5) is 2.51. The van der Waals surface area contributed by atoms with Crippen molar-refractivity contribution in [2.75, 3.05) is 32.8 Å². The zero-order valence-electron chi connectivity index (χ0n) is 12.9. The lowest BCUT2D eigenvalue weighted by Gasteiger charge is -2.40. The minimum atomic E-state index is -0.102. The predicted molar refractivity (Wildman–Crippen MR) is 79.1 cm³/mol. The highest BCUT2D eigenvalue weighted by atomic mass is 16.7. The molecule has 1 aliphatic carbocycles. The molecule has 0 amide bonds. The summed E-state index contributed by atoms with van der Waals surface area (Å²) in [7, 11) is 0. The average Bonchev–Trinajstić information content (AvgIpc) is 2.45. The van der Waals surface area contributed by atoms with Crippen molar-refractivity contribution in [3.63, 3.8) is 0 Å². The molecule has 0 spiro atoms. The van der Waals surface area contributed by atoms with Crippen LogP contribution >= 0.6 is 0 Å². The maximum Gasteiger partial charge on any atom is 0.170 e. The number of likely N-dealkylation sites (N-methyl/N-ethyl adjacent to an activating group) is 1. The van der Waals surface area contributed by atoms with Gasteiger partial charge in [-0.1, -0.05) is 19.8 Å². The smallest absolute Gasteiger partial charge is 0.170 e. The summed E-state index contributed by atoms with van der Waals surface area (Å²) >= 11 is 0. The standard InChI is InChI=1S/C15H32N2O2/c1-4-17(12-15(18-5-2)19-6-3)14-10-8-7-9-13(14)11-16/h13-15H,4-12,16H2,1-3H3. The number of hydrogen-bond donors (Lipinski definition) is 1. The molecule has 2 atom stereocenters. The normalized spacial score (nSPS) is 24.3. The molecule has 2 unspecified atom stereocenters. The first-order valence-corrected chi connectivity index (χ1v) is 7.94. The van der Waals surface area contributed by atoms with Crippen LogP contribution in [0.2, 0.25) is 0 Å². The average molecular weight is 272 g/mol. The van der Waals surface area contributed by atoms with Gasteiger partial charge in [-0.25, -0.2) is 0 Å². The molecular formula is C15H32N2O2. The van der Waals surface area contributed by atoms with Crippen molar-refractivity contribution in [2.45, 2.75) is 58.8 Å². The Hall–Kier alpha value is -0.160. The zero-order valence-corrected chi connectivity index (χ0v) is 12.9. The van der Waals surface area contributed by atoms with Crippen LogP contribution in [0.25, 0.3) is 0 Å². The van der Waals surface area contributed by atoms with Gasteiger partial charge in [0.15, 0.2) is 6.29 Å². The fourth-order valence-electron chi connectivity index (χ4n) is 3.16. The van der Waals surface area contributed by atoms with Crippen LogP contribution < -0.4 is 5.73 Å². The Kier molecular flexibility index (Phi) is 8.62. The fourth-order valence-corrected chi connectivity index (χ4v) is 3.16. The molecular weight excluding hydrogens is 240 g/mol. The summed E-state index contributed by atoms with van der Waals surface area (Å²) in [5.41, 5.74) is 5.95. The van der Waals surface area contributed by atoms with E-state index in [1.165, 1.54) is 25.7 Å². The maximum atomic E-state index is 5.95. The van der Waals surface area contributed by atoms with Gasteiger partial charge in [-0.3, -0.25) is 4.90 Å². The third-order valence-corrected chi connectivity index (χ3v) is 4.14. The van der Waals surface area contributed by atoms with Crippen LogP contribution in [0.5, 0.6) is 0 Å². The van der Waals surface area contributed by atoms with Crippen LogP contribution in [0.1, 0.15) is 46.5 Å². The largest absolute Gasteiger partial charge is 0.352 e. The van der Waals surface area contributed by atoms with Crippen LogP contribution in [-0.2, 0) is 9.47 Å². The van der Waals surface area contributed by atoms with E-state index in [2.05, 4.69) is 11.8 Å². The summed E-state index contributed by atoms with van der Waals surface area (Å²) in [6.45, 7) is 10.4. The SMILES string of the molecule is CCOC(CN(CC)C1CCCCC1CN)OCC. The quantitative estimate of drug-likeness (QED) is 0.654. The van der Waals surface area contributed by atoms with Gasteiger partial charge in [0.05, 0.1) is 0 Å². The molecule has 0 aromatic heterocycles. The number of ether oxygens (including phenoxy) is 2. The molecule has 4 heteroatoms. The first-order chi connectivity index (χ1) is 9.26. The molecule has 0 radical (unpaired) electrons. The van der Waals surface area contributed by atoms with Gasteiger partial charge in [0, 0.05) is 25.8 Å². The second-order valence-corrected chi connectivity index (χ2v) is 5.28. The van der Waals surface area contributed by atoms with E-state index in [-0.39, 0.29) is 6.29 Å². The second-order valence-electron chi connectivity index (χ2n) is 5.28. The third kappa shape index (κ3) is 5.38. The first-order valence-electron chi connectivity index (χ1n) is 7.94. The molecule has 1 fully saturated rings. The molecule has 1 rings (SSSR count). The van der Waals surface area contributed by atoms with Crippen molar-refractivity contribution in [1.82, 2.24) is 4.90 Å². The van der Waals surface area contributed by atoms with E-state index in [1.807, 2.05) is 13.8 Å². The van der Waals surface area contributed by atoms with Crippen LogP contribution in [-0.4, -0.2) is 50.1 Å². The summed E-state index contributed by atoms with van der Waals surface area (Å²) in [5.74, 6) is 0.637. The van der Waals surface area contributed by atoms with Gasteiger partial charge in [0.1, 0.15) is 0 Å². The van der Waals surface area contributed by atoms with Crippen molar-refractivity contribution < 1.29 is 9.47 Å². The molecule has 1 saturated carbocycles. The maximum absolute atomic E-state index is 5.95. The van der Waals surface area contributed by atoms with E-state index in [0.717, 1.165) is 19.6 Å². The van der Waals surface area contributed by atoms with Crippen molar-refractivity contribution in [3.8, 4) is 0 Å². The Balaban J connectivity index is 2.58. The van der Waals surface area contributed by atoms with Crippen molar-refractivity contribution in [3.05, 3.63) is 0 Å². The minimum absolute atomic E-state index is 0.102. The lowest BCUT2D eigenvalue weighted by atomic mass is 9.83. The Bertz CT molecular complexity index is 220. The van der Waals surface area contributed by atoms with Crippen LogP contribution in [0.15, 0.2) is 0 Å². The molecule has 2 N–H and O–H groups in total. The highest BCUT2D eigenvalue weighted by Crippen LogP contribution is 2.28. The Morgan fingerprint density at radius 3 is 2.26 bits per heavy atom. The van der Waals surface area contributed by atoms with E-state index in [0.29, 0.717) is 25.2 Å². The Labute approximate surface area is 118 Å². The number of nitrogens with zero attached hydrogens (tertiary/aromatic N) is 1. The van der Waals surface area contributed by atoms with Gasteiger partial charge in [-0.2, -0.15) is 0 Å². The van der Waals surface area contributed by atoms with E-state index in [1.54, 1.807) is 0 Å². The summed E-state index contributed by atoms with van der Waals surface area (Å²) in [6.07, 6.45) is 5.09. The van der Waals surface area contributed by atoms with Gasteiger partial charge >= 0.3 is 0 Å². The Morgan fingerprint density at radius 2 is 1.74 bits per heavy atom. The summed E-state index contributed by atoms with van der Waals surface area (Å²) in [6, 6.07) is 0.604. The first kappa shape index (κ1) is 16.9. The predicted octanol–water partition coefficient (Wildman–Crippen LogP) is 2.22. The monoisotopic (exact) mass is 272 g/mol. The molecule has 0 aromatic rings. The fraction of sp³-hybridized carbons (Fsp3) is 1.00. The lowest BCUT2D eigenvalue weighted by Crippen LogP contribution is -2.48. The van der Waals surface area contributed by atoms with E-state index >= 15 is 0 Å². The third-order valence-electron chi connectivity index (χ3n) is 4.14. The zero-order chi connectivity index (χ0) is 14.1. The van der Waals surface area contributed by atoms with Gasteiger partial charge in [-0.15, -0.1) is 0 Å². The molecule has 0 aliphatic heterocycles. The molecule has 19 heavy (non-hydrogen) atoms. The van der Waals surface area contributed by atoms with Crippen molar-refractivity contribution in [2.24, 2.45) is 11.7 Å². The van der Waals surface area contributed by atoms with Crippen molar-refractivity contribution in [1.29, 1.82) is 0 Å². The van der Waals surface area contributed by atoms with E-state index in [9.17, 15) is 0 Å². The summed E-state index contributed by atoms with van der Waals surface area (Å²) < 4.78 is 11.4. The molecule has 114 valence electrons. The number of rotatable bonds is 9. The molecule has 1 aliphatic rings. The van der Waals surface area contributed by atoms with Crippen LogP contribution in [0.4, 0.5) is 0 Å². The number of nitrogens with two attached hydrogens (primary N) is 1. The molecule has 4 nitrogen and oxygen atoms in total. The molecule has 0 heterocycles. The topological polar surface area (TPSA) is 47.7 Å². The number of hydrogen-bond acceptors (Lipinski definition) is 4. The molecule has 0 bridgehead atoms. The molecule has 0 saturated heterocycles. The van der Waals surface area contributed by atoms with Crippen LogP contribution in [0, 0.1) is 5.92 Å². The van der Waals surface area contributed by atoms with E-state index in [4.69, 9.17) is 15.2 Å². The molecule has 0 aromatic carbocycles. The van der Waals surface area contributed by atoms with Gasteiger partial charge in [0.2, 0.25) is 0 Å². The van der Waals surface area contributed by atoms with Crippen molar-refractivity contribution >= 4 is 0 Å². The highest BCUT2D eigenvalue weighted by Gasteiger charge is 2.29. The second kappa shape index (κ2) is 9.70. The lowest BCUT2D eigenvalue weighted by molar-refractivity contribution is -0.152. The Morgan fingerprint density at radius 1 is 1.11 bits per heavy atom.